The highest BCUT2D eigenvalue weighted by atomic mass is 35.6. The van der Waals surface area contributed by atoms with Crippen LogP contribution in [-0.2, 0) is 9.59 Å². The summed E-state index contributed by atoms with van der Waals surface area (Å²) in [5, 5.41) is 0. The van der Waals surface area contributed by atoms with Crippen LogP contribution in [0.2, 0.25) is 0 Å². The molecule has 7 heteroatoms. The zero-order chi connectivity index (χ0) is 9.78. The molecule has 0 aliphatic carbocycles. The number of nitrogens with one attached hydrogen (secondary N) is 2. The number of carbonyl (C=O) groups is 2. The van der Waals surface area contributed by atoms with Gasteiger partial charge in [-0.3, -0.25) is 20.4 Å². The van der Waals surface area contributed by atoms with Gasteiger partial charge in [-0.1, -0.05) is 41.7 Å². The Morgan fingerprint density at radius 3 is 2.08 bits per heavy atom. The van der Waals surface area contributed by atoms with E-state index in [-0.39, 0.29) is 12.3 Å². The van der Waals surface area contributed by atoms with Crippen molar-refractivity contribution in [2.45, 2.75) is 17.1 Å². The summed E-state index contributed by atoms with van der Waals surface area (Å²) >= 11 is 15.5. The van der Waals surface area contributed by atoms with Gasteiger partial charge in [0.1, 0.15) is 0 Å². The van der Waals surface area contributed by atoms with E-state index in [9.17, 15) is 9.59 Å². The monoisotopic (exact) mass is 232 g/mol. The topological polar surface area (TPSA) is 58.2 Å². The average molecular weight is 233 g/mol. The van der Waals surface area contributed by atoms with Crippen molar-refractivity contribution in [3.63, 3.8) is 0 Å². The Balaban J connectivity index is 3.81. The van der Waals surface area contributed by atoms with Gasteiger partial charge in [0.15, 0.2) is 0 Å². The summed E-state index contributed by atoms with van der Waals surface area (Å²) in [6, 6.07) is 0. The number of carbonyl (C=O) groups excluding carboxylic acids is 2. The van der Waals surface area contributed by atoms with Crippen molar-refractivity contribution in [3.05, 3.63) is 0 Å². The third-order valence-electron chi connectivity index (χ3n) is 0.894. The summed E-state index contributed by atoms with van der Waals surface area (Å²) in [7, 11) is 0. The molecule has 2 N–H and O–H groups in total. The fourth-order valence-electron chi connectivity index (χ4n) is 0.286. The fourth-order valence-corrected chi connectivity index (χ4v) is 0.427. The maximum atomic E-state index is 10.8. The Kier molecular flexibility index (Phi) is 4.67. The quantitative estimate of drug-likeness (QED) is 0.522. The van der Waals surface area contributed by atoms with E-state index in [1.54, 1.807) is 6.92 Å². The number of hydrogen-bond donors (Lipinski definition) is 2. The lowest BCUT2D eigenvalue weighted by Gasteiger charge is -2.11. The van der Waals surface area contributed by atoms with Crippen LogP contribution in [0.5, 0.6) is 0 Å². The highest BCUT2D eigenvalue weighted by Gasteiger charge is 2.30. The zero-order valence-electron chi connectivity index (χ0n) is 6.16. The molecule has 70 valence electrons. The normalized spacial score (nSPS) is 10.7. The molecule has 2 amide bonds. The van der Waals surface area contributed by atoms with Crippen LogP contribution in [0.15, 0.2) is 0 Å². The molecule has 0 unspecified atom stereocenters. The highest BCUT2D eigenvalue weighted by molar-refractivity contribution is 6.76. The highest BCUT2D eigenvalue weighted by Crippen LogP contribution is 2.25. The first-order valence-electron chi connectivity index (χ1n) is 3.04. The van der Waals surface area contributed by atoms with Crippen LogP contribution in [0.4, 0.5) is 0 Å². The molecule has 0 aliphatic rings. The Bertz CT molecular complexity index is 190. The molecule has 0 bridgehead atoms. The van der Waals surface area contributed by atoms with Crippen molar-refractivity contribution in [3.8, 4) is 0 Å². The smallest absolute Gasteiger partial charge is 0.273 e. The molecule has 12 heavy (non-hydrogen) atoms. The number of alkyl halides is 3. The molecule has 0 aromatic heterocycles. The van der Waals surface area contributed by atoms with Crippen molar-refractivity contribution in [2.24, 2.45) is 0 Å². The average Bonchev–Trinajstić information content (AvgIpc) is 1.97. The van der Waals surface area contributed by atoms with Crippen LogP contribution in [0.1, 0.15) is 13.3 Å². The van der Waals surface area contributed by atoms with E-state index in [0.29, 0.717) is 0 Å². The van der Waals surface area contributed by atoms with Crippen LogP contribution >= 0.6 is 34.8 Å². The van der Waals surface area contributed by atoms with E-state index < -0.39 is 9.70 Å². The molecule has 0 spiro atoms. The first-order valence-corrected chi connectivity index (χ1v) is 4.17. The summed E-state index contributed by atoms with van der Waals surface area (Å²) in [4.78, 5) is 21.4. The Morgan fingerprint density at radius 2 is 1.75 bits per heavy atom. The third-order valence-corrected chi connectivity index (χ3v) is 1.41. The van der Waals surface area contributed by atoms with Gasteiger partial charge in [0, 0.05) is 6.42 Å². The lowest BCUT2D eigenvalue weighted by molar-refractivity contribution is -0.128. The maximum absolute atomic E-state index is 10.8. The van der Waals surface area contributed by atoms with E-state index in [4.69, 9.17) is 34.8 Å². The van der Waals surface area contributed by atoms with Gasteiger partial charge >= 0.3 is 0 Å². The number of hydrazine groups is 1. The fraction of sp³-hybridized carbons (Fsp3) is 0.600. The summed E-state index contributed by atoms with van der Waals surface area (Å²) < 4.78 is -2.05. The van der Waals surface area contributed by atoms with Gasteiger partial charge in [0.05, 0.1) is 0 Å². The number of amides is 2. The molecule has 0 aliphatic heterocycles. The summed E-state index contributed by atoms with van der Waals surface area (Å²) in [5.41, 5.74) is 3.99. The van der Waals surface area contributed by atoms with E-state index in [0.717, 1.165) is 0 Å². The van der Waals surface area contributed by atoms with Crippen LogP contribution < -0.4 is 10.9 Å². The Hall–Kier alpha value is -0.190. The van der Waals surface area contributed by atoms with Crippen LogP contribution in [0.3, 0.4) is 0 Å². The van der Waals surface area contributed by atoms with E-state index in [2.05, 4.69) is 0 Å². The minimum Gasteiger partial charge on any atom is -0.273 e. The molecular formula is C5H7Cl3N2O2. The van der Waals surface area contributed by atoms with Crippen molar-refractivity contribution in [1.29, 1.82) is 0 Å². The van der Waals surface area contributed by atoms with E-state index >= 15 is 0 Å². The minimum absolute atomic E-state index is 0.236. The molecule has 0 fully saturated rings. The summed E-state index contributed by atoms with van der Waals surface area (Å²) in [6.45, 7) is 1.62. The van der Waals surface area contributed by atoms with Crippen molar-refractivity contribution in [2.75, 3.05) is 0 Å². The molecule has 4 nitrogen and oxygen atoms in total. The lowest BCUT2D eigenvalue weighted by Crippen LogP contribution is -2.46. The largest absolute Gasteiger partial charge is 0.290 e. The van der Waals surface area contributed by atoms with Gasteiger partial charge in [-0.25, -0.2) is 0 Å². The first kappa shape index (κ1) is 11.8. The number of hydrogen-bond acceptors (Lipinski definition) is 2. The van der Waals surface area contributed by atoms with Gasteiger partial charge < -0.3 is 0 Å². The zero-order valence-corrected chi connectivity index (χ0v) is 8.43. The second-order valence-corrected chi connectivity index (χ2v) is 4.13. The molecule has 0 rings (SSSR count). The predicted molar refractivity (Wildman–Crippen MR) is 46.9 cm³/mol. The Morgan fingerprint density at radius 1 is 1.25 bits per heavy atom. The third kappa shape index (κ3) is 4.64. The molecule has 0 saturated heterocycles. The maximum Gasteiger partial charge on any atom is 0.290 e. The molecule has 0 saturated carbocycles. The van der Waals surface area contributed by atoms with Gasteiger partial charge in [0.25, 0.3) is 9.70 Å². The molecule has 0 radical (unpaired) electrons. The van der Waals surface area contributed by atoms with Crippen molar-refractivity contribution >= 4 is 46.6 Å². The summed E-state index contributed by atoms with van der Waals surface area (Å²) in [5.74, 6) is -1.26. The first-order chi connectivity index (χ1) is 5.38. The molecular weight excluding hydrogens is 226 g/mol. The van der Waals surface area contributed by atoms with Gasteiger partial charge in [0.2, 0.25) is 5.91 Å². The van der Waals surface area contributed by atoms with E-state index in [1.165, 1.54) is 0 Å². The SMILES string of the molecule is CCC(=O)NNC(=O)C(Cl)(Cl)Cl. The molecule has 0 heterocycles. The summed E-state index contributed by atoms with van der Waals surface area (Å²) in [6.07, 6.45) is 0.236. The van der Waals surface area contributed by atoms with E-state index in [1.807, 2.05) is 10.9 Å². The predicted octanol–water partition coefficient (Wildman–Crippen LogP) is 0.914. The van der Waals surface area contributed by atoms with Crippen molar-refractivity contribution < 1.29 is 9.59 Å². The lowest BCUT2D eigenvalue weighted by atomic mass is 10.5. The van der Waals surface area contributed by atoms with Gasteiger partial charge in [-0.05, 0) is 0 Å². The number of rotatable bonds is 1. The van der Waals surface area contributed by atoms with Crippen LogP contribution in [-0.4, -0.2) is 15.6 Å². The standard InChI is InChI=1S/C5H7Cl3N2O2/c1-2-3(11)9-10-4(12)5(6,7)8/h2H2,1H3,(H,9,11)(H,10,12). The second-order valence-electron chi connectivity index (χ2n) is 1.85. The second kappa shape index (κ2) is 4.74. The molecule has 0 aromatic carbocycles. The Labute approximate surface area is 84.5 Å². The van der Waals surface area contributed by atoms with Crippen LogP contribution in [0, 0.1) is 0 Å². The van der Waals surface area contributed by atoms with Gasteiger partial charge in [-0.15, -0.1) is 0 Å². The molecule has 0 aromatic rings. The van der Waals surface area contributed by atoms with Crippen molar-refractivity contribution in [1.82, 2.24) is 10.9 Å². The minimum atomic E-state index is -2.05. The number of halogens is 3. The molecule has 0 atom stereocenters. The van der Waals surface area contributed by atoms with Gasteiger partial charge in [-0.2, -0.15) is 0 Å². The van der Waals surface area contributed by atoms with Crippen LogP contribution in [0.25, 0.3) is 0 Å².